The molecule has 2 aromatic rings. The maximum Gasteiger partial charge on any atom is 0.409 e. The van der Waals surface area contributed by atoms with Crippen LogP contribution in [-0.2, 0) is 4.74 Å². The van der Waals surface area contributed by atoms with Gasteiger partial charge in [-0.2, -0.15) is 0 Å². The van der Waals surface area contributed by atoms with Crippen molar-refractivity contribution in [1.82, 2.24) is 4.90 Å². The van der Waals surface area contributed by atoms with Crippen LogP contribution < -0.4 is 0 Å². The van der Waals surface area contributed by atoms with Gasteiger partial charge in [-0.1, -0.05) is 54.5 Å². The van der Waals surface area contributed by atoms with E-state index in [0.29, 0.717) is 19.7 Å². The van der Waals surface area contributed by atoms with Gasteiger partial charge in [0.15, 0.2) is 0 Å². The SMILES string of the molecule is C#CC1CN(C(=O)OCC2c3ccccc3-c3ccccc32)C1. The molecule has 3 nitrogen and oxygen atoms in total. The van der Waals surface area contributed by atoms with Gasteiger partial charge in [-0.25, -0.2) is 4.79 Å². The normalized spacial score (nSPS) is 16.2. The van der Waals surface area contributed by atoms with Gasteiger partial charge in [-0.05, 0) is 22.3 Å². The molecule has 1 heterocycles. The Morgan fingerprint density at radius 3 is 2.22 bits per heavy atom. The summed E-state index contributed by atoms with van der Waals surface area (Å²) >= 11 is 0. The number of benzene rings is 2. The number of nitrogens with zero attached hydrogens (tertiary/aromatic N) is 1. The number of ether oxygens (including phenoxy) is 1. The van der Waals surface area contributed by atoms with Crippen molar-refractivity contribution in [3.63, 3.8) is 0 Å². The first-order valence-electron chi connectivity index (χ1n) is 7.84. The van der Waals surface area contributed by atoms with Crippen LogP contribution in [0.2, 0.25) is 0 Å². The van der Waals surface area contributed by atoms with E-state index in [9.17, 15) is 4.79 Å². The predicted octanol–water partition coefficient (Wildman–Crippen LogP) is 3.50. The van der Waals surface area contributed by atoms with E-state index in [1.165, 1.54) is 22.3 Å². The van der Waals surface area contributed by atoms with Crippen molar-refractivity contribution in [2.75, 3.05) is 19.7 Å². The largest absolute Gasteiger partial charge is 0.448 e. The fraction of sp³-hybridized carbons (Fsp3) is 0.250. The van der Waals surface area contributed by atoms with Crippen LogP contribution in [0.25, 0.3) is 11.1 Å². The molecule has 0 saturated carbocycles. The Labute approximate surface area is 135 Å². The van der Waals surface area contributed by atoms with E-state index in [-0.39, 0.29) is 17.9 Å². The van der Waals surface area contributed by atoms with Crippen LogP contribution in [0.4, 0.5) is 4.79 Å². The van der Waals surface area contributed by atoms with Gasteiger partial charge in [0, 0.05) is 19.0 Å². The molecule has 1 amide bonds. The van der Waals surface area contributed by atoms with Gasteiger partial charge in [-0.3, -0.25) is 0 Å². The molecule has 1 aliphatic carbocycles. The minimum atomic E-state index is -0.265. The van der Waals surface area contributed by atoms with E-state index in [0.717, 1.165) is 0 Å². The molecular weight excluding hydrogens is 286 g/mol. The van der Waals surface area contributed by atoms with Crippen LogP contribution in [0.5, 0.6) is 0 Å². The summed E-state index contributed by atoms with van der Waals surface area (Å²) in [5.41, 5.74) is 4.93. The average Bonchev–Trinajstić information content (AvgIpc) is 2.86. The second-order valence-corrected chi connectivity index (χ2v) is 6.07. The number of hydrogen-bond donors (Lipinski definition) is 0. The van der Waals surface area contributed by atoms with Crippen molar-refractivity contribution < 1.29 is 9.53 Å². The third-order valence-electron chi connectivity index (χ3n) is 4.71. The average molecular weight is 303 g/mol. The third kappa shape index (κ3) is 2.27. The van der Waals surface area contributed by atoms with Gasteiger partial charge in [0.05, 0.1) is 5.92 Å². The van der Waals surface area contributed by atoms with Gasteiger partial charge in [0.1, 0.15) is 6.61 Å². The van der Waals surface area contributed by atoms with Crippen molar-refractivity contribution in [3.05, 3.63) is 59.7 Å². The maximum atomic E-state index is 12.1. The zero-order valence-electron chi connectivity index (χ0n) is 12.7. The fourth-order valence-corrected chi connectivity index (χ4v) is 3.42. The van der Waals surface area contributed by atoms with Gasteiger partial charge in [-0.15, -0.1) is 6.42 Å². The molecule has 2 aromatic carbocycles. The van der Waals surface area contributed by atoms with E-state index in [1.807, 2.05) is 24.3 Å². The second kappa shape index (κ2) is 5.48. The zero-order valence-corrected chi connectivity index (χ0v) is 12.7. The Kier molecular flexibility index (Phi) is 3.31. The summed E-state index contributed by atoms with van der Waals surface area (Å²) in [6.45, 7) is 1.57. The van der Waals surface area contributed by atoms with Crippen molar-refractivity contribution in [3.8, 4) is 23.5 Å². The minimum absolute atomic E-state index is 0.107. The quantitative estimate of drug-likeness (QED) is 0.795. The molecule has 0 bridgehead atoms. The standard InChI is InChI=1S/C20H17NO2/c1-2-14-11-21(12-14)20(22)23-13-19-17-9-5-3-7-15(17)16-8-4-6-10-18(16)19/h1,3-10,14,19H,11-13H2. The van der Waals surface area contributed by atoms with E-state index in [1.54, 1.807) is 4.90 Å². The molecule has 3 heteroatoms. The topological polar surface area (TPSA) is 29.5 Å². The van der Waals surface area contributed by atoms with Crippen molar-refractivity contribution in [2.45, 2.75) is 5.92 Å². The highest BCUT2D eigenvalue weighted by Crippen LogP contribution is 2.44. The highest BCUT2D eigenvalue weighted by Gasteiger charge is 2.33. The van der Waals surface area contributed by atoms with Crippen molar-refractivity contribution in [2.24, 2.45) is 5.92 Å². The molecular formula is C20H17NO2. The molecule has 1 fully saturated rings. The fourth-order valence-electron chi connectivity index (χ4n) is 3.42. The molecule has 0 spiro atoms. The minimum Gasteiger partial charge on any atom is -0.448 e. The molecule has 4 rings (SSSR count). The summed E-state index contributed by atoms with van der Waals surface area (Å²) in [7, 11) is 0. The van der Waals surface area contributed by atoms with E-state index >= 15 is 0 Å². The van der Waals surface area contributed by atoms with Crippen LogP contribution >= 0.6 is 0 Å². The number of terminal acetylenes is 1. The Bertz CT molecular complexity index is 754. The number of rotatable bonds is 2. The smallest absolute Gasteiger partial charge is 0.409 e. The number of carbonyl (C=O) groups excluding carboxylic acids is 1. The molecule has 114 valence electrons. The Morgan fingerprint density at radius 2 is 1.65 bits per heavy atom. The van der Waals surface area contributed by atoms with Crippen LogP contribution in [0.15, 0.2) is 48.5 Å². The number of hydrogen-bond acceptors (Lipinski definition) is 2. The van der Waals surface area contributed by atoms with Crippen LogP contribution in [0, 0.1) is 18.3 Å². The Balaban J connectivity index is 1.51. The lowest BCUT2D eigenvalue weighted by atomic mass is 9.98. The van der Waals surface area contributed by atoms with Crippen LogP contribution in [0.3, 0.4) is 0 Å². The van der Waals surface area contributed by atoms with Gasteiger partial charge in [0.25, 0.3) is 0 Å². The Morgan fingerprint density at radius 1 is 1.09 bits per heavy atom. The number of likely N-dealkylation sites (tertiary alicyclic amines) is 1. The monoisotopic (exact) mass is 303 g/mol. The maximum absolute atomic E-state index is 12.1. The summed E-state index contributed by atoms with van der Waals surface area (Å²) < 4.78 is 5.55. The third-order valence-corrected chi connectivity index (χ3v) is 4.71. The molecule has 0 N–H and O–H groups in total. The molecule has 0 radical (unpaired) electrons. The first-order valence-corrected chi connectivity index (χ1v) is 7.84. The molecule has 0 aromatic heterocycles. The molecule has 2 aliphatic rings. The van der Waals surface area contributed by atoms with E-state index in [4.69, 9.17) is 11.2 Å². The van der Waals surface area contributed by atoms with Gasteiger partial charge < -0.3 is 9.64 Å². The first-order chi connectivity index (χ1) is 11.3. The number of fused-ring (bicyclic) bond motifs is 3. The van der Waals surface area contributed by atoms with Gasteiger partial charge >= 0.3 is 6.09 Å². The second-order valence-electron chi connectivity index (χ2n) is 6.07. The number of carbonyl (C=O) groups is 1. The summed E-state index contributed by atoms with van der Waals surface area (Å²) in [5.74, 6) is 2.94. The molecule has 23 heavy (non-hydrogen) atoms. The molecule has 0 atom stereocenters. The lowest BCUT2D eigenvalue weighted by Gasteiger charge is -2.35. The van der Waals surface area contributed by atoms with Crippen LogP contribution in [0.1, 0.15) is 17.0 Å². The lowest BCUT2D eigenvalue weighted by Crippen LogP contribution is -2.49. The molecule has 1 saturated heterocycles. The van der Waals surface area contributed by atoms with E-state index in [2.05, 4.69) is 30.2 Å². The van der Waals surface area contributed by atoms with Gasteiger partial charge in [0.2, 0.25) is 0 Å². The lowest BCUT2D eigenvalue weighted by molar-refractivity contribution is 0.0655. The predicted molar refractivity (Wildman–Crippen MR) is 89.0 cm³/mol. The van der Waals surface area contributed by atoms with E-state index < -0.39 is 0 Å². The van der Waals surface area contributed by atoms with Crippen LogP contribution in [-0.4, -0.2) is 30.7 Å². The van der Waals surface area contributed by atoms with Crippen molar-refractivity contribution >= 4 is 6.09 Å². The molecule has 0 unspecified atom stereocenters. The summed E-state index contributed by atoms with van der Waals surface area (Å²) in [6, 6.07) is 16.6. The molecule has 1 aliphatic heterocycles. The Hall–Kier alpha value is -2.73. The summed E-state index contributed by atoms with van der Waals surface area (Å²) in [4.78, 5) is 13.8. The highest BCUT2D eigenvalue weighted by molar-refractivity contribution is 5.79. The summed E-state index contributed by atoms with van der Waals surface area (Å²) in [6.07, 6.45) is 5.08. The zero-order chi connectivity index (χ0) is 15.8. The number of amides is 1. The first kappa shape index (κ1) is 13.9. The van der Waals surface area contributed by atoms with Crippen molar-refractivity contribution in [1.29, 1.82) is 0 Å². The summed E-state index contributed by atoms with van der Waals surface area (Å²) in [5, 5.41) is 0. The highest BCUT2D eigenvalue weighted by atomic mass is 16.6.